The zero-order chi connectivity index (χ0) is 16.8. The fourth-order valence-electron chi connectivity index (χ4n) is 3.10. The van der Waals surface area contributed by atoms with Crippen LogP contribution >= 0.6 is 0 Å². The van der Waals surface area contributed by atoms with Gasteiger partial charge < -0.3 is 4.90 Å². The minimum absolute atomic E-state index is 1.14. The first-order chi connectivity index (χ1) is 11.8. The van der Waals surface area contributed by atoms with Gasteiger partial charge in [-0.25, -0.2) is 0 Å². The molecule has 0 spiro atoms. The molecule has 0 aromatic heterocycles. The van der Waals surface area contributed by atoms with E-state index in [0.717, 1.165) is 6.42 Å². The molecule has 0 radical (unpaired) electrons. The number of anilines is 3. The van der Waals surface area contributed by atoms with Crippen molar-refractivity contribution in [1.82, 2.24) is 0 Å². The first kappa shape index (κ1) is 16.3. The maximum absolute atomic E-state index is 2.34. The largest absolute Gasteiger partial charge is 0.310 e. The molecular weight excluding hydrogens is 290 g/mol. The fourth-order valence-corrected chi connectivity index (χ4v) is 3.10. The van der Waals surface area contributed by atoms with Gasteiger partial charge >= 0.3 is 0 Å². The van der Waals surface area contributed by atoms with Gasteiger partial charge in [-0.2, -0.15) is 0 Å². The van der Waals surface area contributed by atoms with E-state index in [2.05, 4.69) is 97.6 Å². The van der Waals surface area contributed by atoms with E-state index in [1.807, 2.05) is 0 Å². The summed E-state index contributed by atoms with van der Waals surface area (Å²) in [7, 11) is 0. The van der Waals surface area contributed by atoms with Crippen molar-refractivity contribution in [2.24, 2.45) is 0 Å². The van der Waals surface area contributed by atoms with Crippen molar-refractivity contribution in [3.05, 3.63) is 90.0 Å². The summed E-state index contributed by atoms with van der Waals surface area (Å²) < 4.78 is 0. The van der Waals surface area contributed by atoms with Crippen molar-refractivity contribution in [2.75, 3.05) is 4.90 Å². The number of benzene rings is 3. The Labute approximate surface area is 145 Å². The van der Waals surface area contributed by atoms with Gasteiger partial charge in [-0.3, -0.25) is 0 Å². The molecule has 24 heavy (non-hydrogen) atoms. The summed E-state index contributed by atoms with van der Waals surface area (Å²) in [5, 5.41) is 0. The SMILES string of the molecule is CCCCc1cc(C)cc(N(c2ccccc2)c2ccccc2)c1. The van der Waals surface area contributed by atoms with Crippen molar-refractivity contribution in [3.8, 4) is 0 Å². The Morgan fingerprint density at radius 1 is 0.708 bits per heavy atom. The lowest BCUT2D eigenvalue weighted by molar-refractivity contribution is 0.794. The van der Waals surface area contributed by atoms with Crippen LogP contribution in [-0.4, -0.2) is 0 Å². The molecule has 3 aromatic carbocycles. The average molecular weight is 315 g/mol. The van der Waals surface area contributed by atoms with Gasteiger partial charge in [0.25, 0.3) is 0 Å². The van der Waals surface area contributed by atoms with Crippen LogP contribution in [0.3, 0.4) is 0 Å². The number of aryl methyl sites for hydroxylation is 2. The summed E-state index contributed by atoms with van der Waals surface area (Å²) in [5.41, 5.74) is 6.35. The monoisotopic (exact) mass is 315 g/mol. The second-order valence-corrected chi connectivity index (χ2v) is 6.29. The molecular formula is C23H25N. The Bertz CT molecular complexity index is 723. The Balaban J connectivity index is 2.08. The van der Waals surface area contributed by atoms with Crippen LogP contribution in [0.5, 0.6) is 0 Å². The van der Waals surface area contributed by atoms with Gasteiger partial charge in [-0.05, 0) is 67.3 Å². The smallest absolute Gasteiger partial charge is 0.0466 e. The van der Waals surface area contributed by atoms with Gasteiger partial charge in [0.15, 0.2) is 0 Å². The molecule has 0 N–H and O–H groups in total. The number of hydrogen-bond acceptors (Lipinski definition) is 1. The van der Waals surface area contributed by atoms with E-state index in [-0.39, 0.29) is 0 Å². The molecule has 0 fully saturated rings. The molecule has 0 heterocycles. The number of nitrogens with zero attached hydrogens (tertiary/aromatic N) is 1. The molecule has 1 heteroatoms. The number of hydrogen-bond donors (Lipinski definition) is 0. The summed E-state index contributed by atoms with van der Waals surface area (Å²) in [6.07, 6.45) is 3.60. The second kappa shape index (κ2) is 7.83. The third-order valence-corrected chi connectivity index (χ3v) is 4.23. The van der Waals surface area contributed by atoms with Crippen molar-refractivity contribution >= 4 is 17.1 Å². The third-order valence-electron chi connectivity index (χ3n) is 4.23. The van der Waals surface area contributed by atoms with E-state index in [4.69, 9.17) is 0 Å². The van der Waals surface area contributed by atoms with Crippen LogP contribution in [-0.2, 0) is 6.42 Å². The maximum Gasteiger partial charge on any atom is 0.0466 e. The standard InChI is InChI=1S/C23H25N/c1-3-4-11-20-16-19(2)17-23(18-20)24(21-12-7-5-8-13-21)22-14-9-6-10-15-22/h5-10,12-18H,3-4,11H2,1-2H3. The first-order valence-electron chi connectivity index (χ1n) is 8.78. The van der Waals surface area contributed by atoms with Gasteiger partial charge in [-0.1, -0.05) is 55.8 Å². The molecule has 0 aliphatic heterocycles. The van der Waals surface area contributed by atoms with Crippen LogP contribution < -0.4 is 4.90 Å². The minimum Gasteiger partial charge on any atom is -0.310 e. The Morgan fingerprint density at radius 2 is 1.29 bits per heavy atom. The lowest BCUT2D eigenvalue weighted by Crippen LogP contribution is -2.10. The second-order valence-electron chi connectivity index (χ2n) is 6.29. The predicted molar refractivity (Wildman–Crippen MR) is 104 cm³/mol. The third kappa shape index (κ3) is 3.86. The highest BCUT2D eigenvalue weighted by molar-refractivity contribution is 5.77. The summed E-state index contributed by atoms with van der Waals surface area (Å²) >= 11 is 0. The molecule has 0 amide bonds. The first-order valence-corrected chi connectivity index (χ1v) is 8.78. The van der Waals surface area contributed by atoms with Crippen LogP contribution in [0.25, 0.3) is 0 Å². The maximum atomic E-state index is 2.34. The van der Waals surface area contributed by atoms with Gasteiger partial charge in [0.05, 0.1) is 0 Å². The molecule has 0 aliphatic rings. The highest BCUT2D eigenvalue weighted by Gasteiger charge is 2.12. The van der Waals surface area contributed by atoms with Crippen LogP contribution in [0.1, 0.15) is 30.9 Å². The summed E-state index contributed by atoms with van der Waals surface area (Å²) in [6, 6.07) is 28.1. The summed E-state index contributed by atoms with van der Waals surface area (Å²) in [6.45, 7) is 4.43. The number of rotatable bonds is 6. The highest BCUT2D eigenvalue weighted by Crippen LogP contribution is 2.35. The molecule has 3 aromatic rings. The summed E-state index contributed by atoms with van der Waals surface area (Å²) in [5.74, 6) is 0. The number of para-hydroxylation sites is 2. The van der Waals surface area contributed by atoms with Crippen LogP contribution in [0.4, 0.5) is 17.1 Å². The van der Waals surface area contributed by atoms with Gasteiger partial charge in [-0.15, -0.1) is 0 Å². The van der Waals surface area contributed by atoms with E-state index in [1.54, 1.807) is 0 Å². The zero-order valence-corrected chi connectivity index (χ0v) is 14.6. The molecule has 1 nitrogen and oxygen atoms in total. The topological polar surface area (TPSA) is 3.24 Å². The van der Waals surface area contributed by atoms with E-state index in [9.17, 15) is 0 Å². The molecule has 0 aliphatic carbocycles. The Morgan fingerprint density at radius 3 is 1.83 bits per heavy atom. The minimum atomic E-state index is 1.14. The quantitative estimate of drug-likeness (QED) is 0.483. The molecule has 122 valence electrons. The highest BCUT2D eigenvalue weighted by atomic mass is 15.1. The summed E-state index contributed by atoms with van der Waals surface area (Å²) in [4.78, 5) is 2.34. The van der Waals surface area contributed by atoms with Gasteiger partial charge in [0.1, 0.15) is 0 Å². The molecule has 0 unspecified atom stereocenters. The molecule has 0 bridgehead atoms. The van der Waals surface area contributed by atoms with Gasteiger partial charge in [0, 0.05) is 17.1 Å². The van der Waals surface area contributed by atoms with Crippen molar-refractivity contribution in [2.45, 2.75) is 33.1 Å². The van der Waals surface area contributed by atoms with E-state index in [0.29, 0.717) is 0 Å². The Kier molecular flexibility index (Phi) is 5.32. The molecule has 0 atom stereocenters. The number of unbranched alkanes of at least 4 members (excludes halogenated alkanes) is 1. The molecule has 0 saturated carbocycles. The van der Waals surface area contributed by atoms with E-state index >= 15 is 0 Å². The average Bonchev–Trinajstić information content (AvgIpc) is 2.62. The van der Waals surface area contributed by atoms with Crippen molar-refractivity contribution in [3.63, 3.8) is 0 Å². The van der Waals surface area contributed by atoms with Crippen LogP contribution in [0.15, 0.2) is 78.9 Å². The van der Waals surface area contributed by atoms with E-state index in [1.165, 1.54) is 41.0 Å². The van der Waals surface area contributed by atoms with Crippen LogP contribution in [0.2, 0.25) is 0 Å². The Hall–Kier alpha value is -2.54. The van der Waals surface area contributed by atoms with Crippen LogP contribution in [0, 0.1) is 6.92 Å². The molecule has 0 saturated heterocycles. The lowest BCUT2D eigenvalue weighted by atomic mass is 10.0. The lowest BCUT2D eigenvalue weighted by Gasteiger charge is -2.26. The predicted octanol–water partition coefficient (Wildman–Crippen LogP) is 6.81. The van der Waals surface area contributed by atoms with E-state index < -0.39 is 0 Å². The molecule has 3 rings (SSSR count). The zero-order valence-electron chi connectivity index (χ0n) is 14.6. The van der Waals surface area contributed by atoms with Gasteiger partial charge in [0.2, 0.25) is 0 Å². The normalized spacial score (nSPS) is 10.6. The van der Waals surface area contributed by atoms with Crippen molar-refractivity contribution < 1.29 is 0 Å². The fraction of sp³-hybridized carbons (Fsp3) is 0.217. The van der Waals surface area contributed by atoms with Crippen molar-refractivity contribution in [1.29, 1.82) is 0 Å².